The van der Waals surface area contributed by atoms with Crippen LogP contribution in [0.15, 0.2) is 36.4 Å². The number of tetrazole rings is 1. The van der Waals surface area contributed by atoms with Gasteiger partial charge in [0.2, 0.25) is 0 Å². The van der Waals surface area contributed by atoms with Gasteiger partial charge in [0.1, 0.15) is 5.82 Å². The van der Waals surface area contributed by atoms with Crippen LogP contribution >= 0.6 is 0 Å². The number of rotatable bonds is 2. The standard InChI is InChI=1S/C15H14FN5/c1-9-4-3-5-14(10(9)2)21-15(18-19-20-21)12-7-6-11(16)8-13(12)17/h3-8H,17H2,1-2H3. The summed E-state index contributed by atoms with van der Waals surface area (Å²) >= 11 is 0. The molecule has 0 unspecified atom stereocenters. The van der Waals surface area contributed by atoms with E-state index in [1.807, 2.05) is 32.0 Å². The second-order valence-electron chi connectivity index (χ2n) is 4.86. The number of anilines is 1. The van der Waals surface area contributed by atoms with Crippen molar-refractivity contribution >= 4 is 5.69 Å². The minimum Gasteiger partial charge on any atom is -0.398 e. The Bertz CT molecular complexity index is 810. The van der Waals surface area contributed by atoms with Crippen LogP contribution in [0.2, 0.25) is 0 Å². The molecule has 0 aliphatic heterocycles. The second kappa shape index (κ2) is 4.97. The molecular weight excluding hydrogens is 269 g/mol. The van der Waals surface area contributed by atoms with E-state index < -0.39 is 0 Å². The number of benzene rings is 2. The maximum atomic E-state index is 13.2. The zero-order valence-corrected chi connectivity index (χ0v) is 11.7. The maximum Gasteiger partial charge on any atom is 0.189 e. The molecule has 21 heavy (non-hydrogen) atoms. The largest absolute Gasteiger partial charge is 0.398 e. The molecule has 0 radical (unpaired) electrons. The number of nitrogens with two attached hydrogens (primary N) is 1. The summed E-state index contributed by atoms with van der Waals surface area (Å²) < 4.78 is 14.8. The fraction of sp³-hybridized carbons (Fsp3) is 0.133. The van der Waals surface area contributed by atoms with Gasteiger partial charge < -0.3 is 5.73 Å². The summed E-state index contributed by atoms with van der Waals surface area (Å²) in [6, 6.07) is 10.1. The van der Waals surface area contributed by atoms with Crippen LogP contribution in [0.25, 0.3) is 17.1 Å². The number of aromatic nitrogens is 4. The quantitative estimate of drug-likeness (QED) is 0.734. The molecule has 1 aromatic heterocycles. The lowest BCUT2D eigenvalue weighted by atomic mass is 10.1. The average Bonchev–Trinajstić information content (AvgIpc) is 2.91. The highest BCUT2D eigenvalue weighted by atomic mass is 19.1. The first-order valence-corrected chi connectivity index (χ1v) is 6.48. The molecule has 3 aromatic rings. The Morgan fingerprint density at radius 3 is 2.71 bits per heavy atom. The summed E-state index contributed by atoms with van der Waals surface area (Å²) in [5, 5.41) is 11.8. The van der Waals surface area contributed by atoms with Crippen molar-refractivity contribution < 1.29 is 4.39 Å². The predicted molar refractivity (Wildman–Crippen MR) is 78.4 cm³/mol. The molecule has 0 spiro atoms. The van der Waals surface area contributed by atoms with Crippen molar-refractivity contribution in [2.45, 2.75) is 13.8 Å². The molecule has 0 aliphatic carbocycles. The van der Waals surface area contributed by atoms with Crippen LogP contribution in [0, 0.1) is 19.7 Å². The van der Waals surface area contributed by atoms with Gasteiger partial charge in [0.15, 0.2) is 5.82 Å². The van der Waals surface area contributed by atoms with Gasteiger partial charge in [-0.15, -0.1) is 5.10 Å². The van der Waals surface area contributed by atoms with Crippen molar-refractivity contribution in [1.29, 1.82) is 0 Å². The van der Waals surface area contributed by atoms with Crippen molar-refractivity contribution in [2.24, 2.45) is 0 Å². The van der Waals surface area contributed by atoms with Gasteiger partial charge in [0.05, 0.1) is 5.69 Å². The molecule has 0 bridgehead atoms. The Balaban J connectivity index is 2.20. The lowest BCUT2D eigenvalue weighted by molar-refractivity contribution is 0.628. The minimum atomic E-state index is -0.387. The normalized spacial score (nSPS) is 10.8. The van der Waals surface area contributed by atoms with Gasteiger partial charge in [-0.1, -0.05) is 12.1 Å². The zero-order valence-electron chi connectivity index (χ0n) is 11.7. The molecule has 5 nitrogen and oxygen atoms in total. The fourth-order valence-corrected chi connectivity index (χ4v) is 2.22. The highest BCUT2D eigenvalue weighted by Crippen LogP contribution is 2.27. The van der Waals surface area contributed by atoms with Crippen molar-refractivity contribution in [3.63, 3.8) is 0 Å². The van der Waals surface area contributed by atoms with E-state index in [-0.39, 0.29) is 5.82 Å². The number of aryl methyl sites for hydroxylation is 1. The molecule has 3 rings (SSSR count). The summed E-state index contributed by atoms with van der Waals surface area (Å²) in [5.74, 6) is 0.100. The van der Waals surface area contributed by atoms with Gasteiger partial charge in [-0.2, -0.15) is 4.68 Å². The van der Waals surface area contributed by atoms with E-state index in [4.69, 9.17) is 5.73 Å². The Labute approximate surface area is 121 Å². The molecule has 2 aromatic carbocycles. The van der Waals surface area contributed by atoms with Crippen molar-refractivity contribution in [3.05, 3.63) is 53.3 Å². The van der Waals surface area contributed by atoms with Gasteiger partial charge in [0.25, 0.3) is 0 Å². The molecule has 1 heterocycles. The molecule has 0 amide bonds. The molecule has 0 atom stereocenters. The predicted octanol–water partition coefficient (Wildman–Crippen LogP) is 2.67. The first kappa shape index (κ1) is 13.2. The summed E-state index contributed by atoms with van der Waals surface area (Å²) in [6.45, 7) is 4.03. The average molecular weight is 283 g/mol. The summed E-state index contributed by atoms with van der Waals surface area (Å²) in [5.41, 5.74) is 9.87. The third kappa shape index (κ3) is 2.24. The first-order valence-electron chi connectivity index (χ1n) is 6.48. The van der Waals surface area contributed by atoms with Crippen molar-refractivity contribution in [2.75, 3.05) is 5.73 Å². The van der Waals surface area contributed by atoms with Gasteiger partial charge in [-0.25, -0.2) is 4.39 Å². The van der Waals surface area contributed by atoms with Crippen LogP contribution in [-0.2, 0) is 0 Å². The number of hydrogen-bond donors (Lipinski definition) is 1. The maximum absolute atomic E-state index is 13.2. The van der Waals surface area contributed by atoms with Gasteiger partial charge in [-0.3, -0.25) is 0 Å². The van der Waals surface area contributed by atoms with Crippen LogP contribution in [0.4, 0.5) is 10.1 Å². The topological polar surface area (TPSA) is 69.6 Å². The third-order valence-corrected chi connectivity index (χ3v) is 3.53. The Morgan fingerprint density at radius 1 is 1.14 bits per heavy atom. The van der Waals surface area contributed by atoms with Crippen LogP contribution in [0.1, 0.15) is 11.1 Å². The molecule has 106 valence electrons. The van der Waals surface area contributed by atoms with Crippen molar-refractivity contribution in [3.8, 4) is 17.1 Å². The van der Waals surface area contributed by atoms with Gasteiger partial charge >= 0.3 is 0 Å². The SMILES string of the molecule is Cc1cccc(-n2nnnc2-c2ccc(F)cc2N)c1C. The zero-order chi connectivity index (χ0) is 15.0. The lowest BCUT2D eigenvalue weighted by Gasteiger charge is -2.11. The second-order valence-corrected chi connectivity index (χ2v) is 4.86. The van der Waals surface area contributed by atoms with E-state index in [1.165, 1.54) is 12.1 Å². The Kier molecular flexibility index (Phi) is 3.13. The minimum absolute atomic E-state index is 0.302. The Morgan fingerprint density at radius 2 is 1.95 bits per heavy atom. The molecular formula is C15H14FN5. The smallest absolute Gasteiger partial charge is 0.189 e. The van der Waals surface area contributed by atoms with Crippen LogP contribution in [0.5, 0.6) is 0 Å². The monoisotopic (exact) mass is 283 g/mol. The van der Waals surface area contributed by atoms with E-state index >= 15 is 0 Å². The number of hydrogen-bond acceptors (Lipinski definition) is 4. The molecule has 0 saturated heterocycles. The molecule has 0 fully saturated rings. The van der Waals surface area contributed by atoms with Crippen LogP contribution in [-0.4, -0.2) is 20.2 Å². The summed E-state index contributed by atoms with van der Waals surface area (Å²) in [6.07, 6.45) is 0. The van der Waals surface area contributed by atoms with E-state index in [0.717, 1.165) is 16.8 Å². The van der Waals surface area contributed by atoms with E-state index in [9.17, 15) is 4.39 Å². The van der Waals surface area contributed by atoms with E-state index in [2.05, 4.69) is 15.5 Å². The van der Waals surface area contributed by atoms with Gasteiger partial charge in [-0.05, 0) is 59.7 Å². The molecule has 6 heteroatoms. The van der Waals surface area contributed by atoms with Gasteiger partial charge in [0, 0.05) is 11.3 Å². The van der Waals surface area contributed by atoms with Crippen LogP contribution in [0.3, 0.4) is 0 Å². The molecule has 0 saturated carbocycles. The van der Waals surface area contributed by atoms with E-state index in [0.29, 0.717) is 17.1 Å². The third-order valence-electron chi connectivity index (χ3n) is 3.53. The lowest BCUT2D eigenvalue weighted by Crippen LogP contribution is -2.04. The number of nitrogens with zero attached hydrogens (tertiary/aromatic N) is 4. The van der Waals surface area contributed by atoms with E-state index in [1.54, 1.807) is 10.7 Å². The summed E-state index contributed by atoms with van der Waals surface area (Å²) in [7, 11) is 0. The summed E-state index contributed by atoms with van der Waals surface area (Å²) in [4.78, 5) is 0. The Hall–Kier alpha value is -2.76. The van der Waals surface area contributed by atoms with Crippen LogP contribution < -0.4 is 5.73 Å². The molecule has 2 N–H and O–H groups in total. The first-order chi connectivity index (χ1) is 10.1. The fourth-order valence-electron chi connectivity index (χ4n) is 2.22. The number of halogens is 1. The number of nitrogen functional groups attached to an aromatic ring is 1. The highest BCUT2D eigenvalue weighted by Gasteiger charge is 2.15. The van der Waals surface area contributed by atoms with Crippen molar-refractivity contribution in [1.82, 2.24) is 20.2 Å². The highest BCUT2D eigenvalue weighted by molar-refractivity contribution is 5.72. The molecule has 0 aliphatic rings.